The molecule has 1 N–H and O–H groups in total. The predicted molar refractivity (Wildman–Crippen MR) is 81.8 cm³/mol. The molecule has 2 aromatic rings. The van der Waals surface area contributed by atoms with Crippen LogP contribution in [0.3, 0.4) is 0 Å². The summed E-state index contributed by atoms with van der Waals surface area (Å²) in [5.41, 5.74) is 1.03. The summed E-state index contributed by atoms with van der Waals surface area (Å²) in [7, 11) is 1.87. The Morgan fingerprint density at radius 1 is 1.11 bits per heavy atom. The molecular weight excluding hydrogens is 254 g/mol. The minimum Gasteiger partial charge on any atom is -0.357 e. The first-order valence-corrected chi connectivity index (χ1v) is 7.86. The van der Waals surface area contributed by atoms with Crippen molar-refractivity contribution in [3.05, 3.63) is 24.3 Å². The highest BCUT2D eigenvalue weighted by molar-refractivity contribution is 8.00. The van der Waals surface area contributed by atoms with Gasteiger partial charge < -0.3 is 5.32 Å². The van der Waals surface area contributed by atoms with E-state index in [1.807, 2.05) is 24.9 Å². The lowest BCUT2D eigenvalue weighted by atomic mass is 10.0. The zero-order chi connectivity index (χ0) is 13.1. The Labute approximate surface area is 118 Å². The predicted octanol–water partition coefficient (Wildman–Crippen LogP) is 4.10. The quantitative estimate of drug-likeness (QED) is 0.855. The first kappa shape index (κ1) is 12.7. The number of aromatic nitrogens is 2. The highest BCUT2D eigenvalue weighted by Crippen LogP contribution is 2.36. The first-order valence-electron chi connectivity index (χ1n) is 6.98. The van der Waals surface area contributed by atoms with Crippen molar-refractivity contribution < 1.29 is 0 Å². The van der Waals surface area contributed by atoms with Crippen LogP contribution in [0.1, 0.15) is 32.1 Å². The molecule has 1 fully saturated rings. The number of para-hydroxylation sites is 1. The Morgan fingerprint density at radius 2 is 1.89 bits per heavy atom. The van der Waals surface area contributed by atoms with Crippen LogP contribution in [0.25, 0.3) is 10.9 Å². The normalized spacial score (nSPS) is 16.7. The Hall–Kier alpha value is -1.29. The van der Waals surface area contributed by atoms with Crippen molar-refractivity contribution in [3.8, 4) is 0 Å². The van der Waals surface area contributed by atoms with Gasteiger partial charge in [0.05, 0.1) is 5.52 Å². The molecule has 19 heavy (non-hydrogen) atoms. The molecule has 3 rings (SSSR count). The Bertz CT molecular complexity index is 564. The largest absolute Gasteiger partial charge is 0.357 e. The number of hydrogen-bond acceptors (Lipinski definition) is 4. The molecule has 1 aromatic carbocycles. The molecule has 0 unspecified atom stereocenters. The lowest BCUT2D eigenvalue weighted by Crippen LogP contribution is -2.09. The zero-order valence-electron chi connectivity index (χ0n) is 11.2. The van der Waals surface area contributed by atoms with E-state index in [9.17, 15) is 0 Å². The third-order valence-corrected chi connectivity index (χ3v) is 4.96. The summed E-state index contributed by atoms with van der Waals surface area (Å²) < 4.78 is 0. The summed E-state index contributed by atoms with van der Waals surface area (Å²) in [6, 6.07) is 8.28. The maximum absolute atomic E-state index is 4.65. The maximum atomic E-state index is 4.65. The molecule has 0 saturated heterocycles. The first-order chi connectivity index (χ1) is 9.36. The summed E-state index contributed by atoms with van der Waals surface area (Å²) in [5.74, 6) is 0.719. The second-order valence-corrected chi connectivity index (χ2v) is 6.29. The summed E-state index contributed by atoms with van der Waals surface area (Å²) in [4.78, 5) is 9.17. The standard InChI is InChI=1S/C15H19N3S/c1-16-15-17-13-10-6-5-9-12(13)14(18-15)19-11-7-3-2-4-8-11/h5-6,9-11H,2-4,7-8H2,1H3,(H,16,17,18). The van der Waals surface area contributed by atoms with E-state index in [2.05, 4.69) is 33.5 Å². The molecule has 0 atom stereocenters. The molecule has 1 aliphatic carbocycles. The van der Waals surface area contributed by atoms with Crippen LogP contribution in [0, 0.1) is 0 Å². The average Bonchev–Trinajstić information content (AvgIpc) is 2.48. The molecule has 0 radical (unpaired) electrons. The lowest BCUT2D eigenvalue weighted by molar-refractivity contribution is 0.516. The molecule has 0 aliphatic heterocycles. The van der Waals surface area contributed by atoms with Gasteiger partial charge in [-0.15, -0.1) is 11.8 Å². The number of nitrogens with one attached hydrogen (secondary N) is 1. The fourth-order valence-corrected chi connectivity index (χ4v) is 3.91. The Balaban J connectivity index is 1.95. The highest BCUT2D eigenvalue weighted by atomic mass is 32.2. The minimum absolute atomic E-state index is 0.719. The number of hydrogen-bond donors (Lipinski definition) is 1. The molecule has 0 amide bonds. The topological polar surface area (TPSA) is 37.8 Å². The van der Waals surface area contributed by atoms with Crippen molar-refractivity contribution in [2.45, 2.75) is 42.4 Å². The zero-order valence-corrected chi connectivity index (χ0v) is 12.0. The number of fused-ring (bicyclic) bond motifs is 1. The number of rotatable bonds is 3. The number of nitrogens with zero attached hydrogens (tertiary/aromatic N) is 2. The van der Waals surface area contributed by atoms with Gasteiger partial charge in [-0.05, 0) is 18.9 Å². The molecule has 1 heterocycles. The molecule has 0 bridgehead atoms. The van der Waals surface area contributed by atoms with Gasteiger partial charge in [-0.25, -0.2) is 9.97 Å². The van der Waals surface area contributed by atoms with E-state index in [0.717, 1.165) is 21.7 Å². The van der Waals surface area contributed by atoms with Crippen LogP contribution >= 0.6 is 11.8 Å². The Kier molecular flexibility index (Phi) is 3.87. The number of anilines is 1. The summed E-state index contributed by atoms with van der Waals surface area (Å²) in [6.07, 6.45) is 6.75. The van der Waals surface area contributed by atoms with E-state index in [-0.39, 0.29) is 0 Å². The highest BCUT2D eigenvalue weighted by Gasteiger charge is 2.17. The molecule has 1 aromatic heterocycles. The summed E-state index contributed by atoms with van der Waals surface area (Å²) in [5, 5.41) is 6.08. The van der Waals surface area contributed by atoms with Crippen molar-refractivity contribution >= 4 is 28.6 Å². The number of benzene rings is 1. The third-order valence-electron chi connectivity index (χ3n) is 3.62. The maximum Gasteiger partial charge on any atom is 0.224 e. The molecule has 100 valence electrons. The van der Waals surface area contributed by atoms with E-state index in [4.69, 9.17) is 0 Å². The van der Waals surface area contributed by atoms with Crippen LogP contribution in [0.4, 0.5) is 5.95 Å². The van der Waals surface area contributed by atoms with Crippen LogP contribution < -0.4 is 5.32 Å². The van der Waals surface area contributed by atoms with E-state index in [0.29, 0.717) is 0 Å². The SMILES string of the molecule is CNc1nc(SC2CCCCC2)c2ccccc2n1. The van der Waals surface area contributed by atoms with Gasteiger partial charge in [0, 0.05) is 17.7 Å². The van der Waals surface area contributed by atoms with Crippen LogP contribution in [-0.4, -0.2) is 22.3 Å². The molecule has 1 saturated carbocycles. The second-order valence-electron chi connectivity index (χ2n) is 5.00. The van der Waals surface area contributed by atoms with Gasteiger partial charge in [0.25, 0.3) is 0 Å². The van der Waals surface area contributed by atoms with Crippen LogP contribution in [0.15, 0.2) is 29.3 Å². The van der Waals surface area contributed by atoms with E-state index >= 15 is 0 Å². The van der Waals surface area contributed by atoms with E-state index < -0.39 is 0 Å². The van der Waals surface area contributed by atoms with Crippen LogP contribution in [0.2, 0.25) is 0 Å². The summed E-state index contributed by atoms with van der Waals surface area (Å²) in [6.45, 7) is 0. The molecule has 0 spiro atoms. The minimum atomic E-state index is 0.719. The molecule has 1 aliphatic rings. The molecule has 3 nitrogen and oxygen atoms in total. The second kappa shape index (κ2) is 5.78. The average molecular weight is 273 g/mol. The van der Waals surface area contributed by atoms with E-state index in [1.54, 1.807) is 0 Å². The summed E-state index contributed by atoms with van der Waals surface area (Å²) >= 11 is 1.93. The number of thioether (sulfide) groups is 1. The van der Waals surface area contributed by atoms with E-state index in [1.165, 1.54) is 37.5 Å². The van der Waals surface area contributed by atoms with Gasteiger partial charge in [-0.3, -0.25) is 0 Å². The van der Waals surface area contributed by atoms with Gasteiger partial charge in [-0.1, -0.05) is 37.5 Å². The molecule has 4 heteroatoms. The molecular formula is C15H19N3S. The van der Waals surface area contributed by atoms with Crippen molar-refractivity contribution in [1.29, 1.82) is 0 Å². The third kappa shape index (κ3) is 2.84. The van der Waals surface area contributed by atoms with Crippen LogP contribution in [0.5, 0.6) is 0 Å². The van der Waals surface area contributed by atoms with Crippen molar-refractivity contribution in [2.24, 2.45) is 0 Å². The van der Waals surface area contributed by atoms with Crippen molar-refractivity contribution in [1.82, 2.24) is 9.97 Å². The van der Waals surface area contributed by atoms with Gasteiger partial charge in [0.1, 0.15) is 5.03 Å². The van der Waals surface area contributed by atoms with Gasteiger partial charge in [-0.2, -0.15) is 0 Å². The Morgan fingerprint density at radius 3 is 2.68 bits per heavy atom. The lowest BCUT2D eigenvalue weighted by Gasteiger charge is -2.21. The fraction of sp³-hybridized carbons (Fsp3) is 0.467. The fourth-order valence-electron chi connectivity index (χ4n) is 2.59. The van der Waals surface area contributed by atoms with Gasteiger partial charge in [0.2, 0.25) is 5.95 Å². The van der Waals surface area contributed by atoms with Crippen LogP contribution in [-0.2, 0) is 0 Å². The van der Waals surface area contributed by atoms with Gasteiger partial charge in [0.15, 0.2) is 0 Å². The van der Waals surface area contributed by atoms with Gasteiger partial charge >= 0.3 is 0 Å². The van der Waals surface area contributed by atoms with Crippen molar-refractivity contribution in [2.75, 3.05) is 12.4 Å². The monoisotopic (exact) mass is 273 g/mol. The van der Waals surface area contributed by atoms with Crippen molar-refractivity contribution in [3.63, 3.8) is 0 Å². The smallest absolute Gasteiger partial charge is 0.224 e.